The third kappa shape index (κ3) is 2.24. The van der Waals surface area contributed by atoms with Crippen LogP contribution in [0, 0.1) is 0 Å². The summed E-state index contributed by atoms with van der Waals surface area (Å²) < 4.78 is 4.93. The molecule has 0 saturated carbocycles. The van der Waals surface area contributed by atoms with Crippen LogP contribution in [0.1, 0.15) is 15.9 Å². The predicted octanol–water partition coefficient (Wildman–Crippen LogP) is 2.26. The summed E-state index contributed by atoms with van der Waals surface area (Å²) in [4.78, 5) is 37.5. The van der Waals surface area contributed by atoms with Crippen molar-refractivity contribution in [1.82, 2.24) is 4.90 Å². The standard InChI is InChI=1S/C17H13NO5/c19-14(12-7-3-1-4-8-12)18-16(22)23-11-17(18,15(20)21)13-9-5-2-6-10-13/h1-10H,11H2,(H,20,21). The van der Waals surface area contributed by atoms with Crippen molar-refractivity contribution in [2.45, 2.75) is 5.54 Å². The van der Waals surface area contributed by atoms with Gasteiger partial charge in [-0.05, 0) is 17.7 Å². The number of rotatable bonds is 3. The molecule has 2 amide bonds. The van der Waals surface area contributed by atoms with Gasteiger partial charge < -0.3 is 9.84 Å². The van der Waals surface area contributed by atoms with Crippen LogP contribution < -0.4 is 0 Å². The third-order valence-corrected chi connectivity index (χ3v) is 3.80. The van der Waals surface area contributed by atoms with Crippen molar-refractivity contribution in [3.63, 3.8) is 0 Å². The van der Waals surface area contributed by atoms with Gasteiger partial charge in [-0.25, -0.2) is 14.5 Å². The Morgan fingerprint density at radius 2 is 1.57 bits per heavy atom. The molecule has 2 aromatic carbocycles. The van der Waals surface area contributed by atoms with Gasteiger partial charge in [-0.15, -0.1) is 0 Å². The lowest BCUT2D eigenvalue weighted by Crippen LogP contribution is -2.53. The summed E-state index contributed by atoms with van der Waals surface area (Å²) in [5.74, 6) is -2.03. The van der Waals surface area contributed by atoms with E-state index in [0.29, 0.717) is 10.5 Å². The zero-order valence-corrected chi connectivity index (χ0v) is 12.0. The molecule has 0 aromatic heterocycles. The Morgan fingerprint density at radius 3 is 2.13 bits per heavy atom. The molecule has 1 atom stereocenters. The summed E-state index contributed by atoms with van der Waals surface area (Å²) in [6.07, 6.45) is -0.967. The molecule has 6 nitrogen and oxygen atoms in total. The van der Waals surface area contributed by atoms with E-state index in [9.17, 15) is 19.5 Å². The Hall–Kier alpha value is -3.15. The number of imide groups is 1. The van der Waals surface area contributed by atoms with Crippen molar-refractivity contribution >= 4 is 18.0 Å². The van der Waals surface area contributed by atoms with Gasteiger partial charge in [0.2, 0.25) is 5.54 Å². The third-order valence-electron chi connectivity index (χ3n) is 3.80. The molecular formula is C17H13NO5. The molecule has 1 fully saturated rings. The molecule has 3 rings (SSSR count). The maximum Gasteiger partial charge on any atom is 0.418 e. The van der Waals surface area contributed by atoms with Gasteiger partial charge in [0, 0.05) is 5.56 Å². The number of ether oxygens (including phenoxy) is 1. The SMILES string of the molecule is O=C1OCC(C(=O)O)(c2ccccc2)N1C(=O)c1ccccc1. The van der Waals surface area contributed by atoms with Crippen molar-refractivity contribution in [3.8, 4) is 0 Å². The van der Waals surface area contributed by atoms with Crippen LogP contribution >= 0.6 is 0 Å². The number of nitrogens with zero attached hydrogens (tertiary/aromatic N) is 1. The Morgan fingerprint density at radius 1 is 1.00 bits per heavy atom. The van der Waals surface area contributed by atoms with Crippen molar-refractivity contribution in [1.29, 1.82) is 0 Å². The number of aliphatic carboxylic acids is 1. The first-order valence-corrected chi connectivity index (χ1v) is 6.92. The highest BCUT2D eigenvalue weighted by Crippen LogP contribution is 2.36. The smallest absolute Gasteiger partial charge is 0.418 e. The molecule has 1 aliphatic heterocycles. The van der Waals surface area contributed by atoms with Crippen LogP contribution in [0.15, 0.2) is 60.7 Å². The van der Waals surface area contributed by atoms with Gasteiger partial charge in [-0.2, -0.15) is 0 Å². The molecule has 1 saturated heterocycles. The summed E-state index contributed by atoms with van der Waals surface area (Å²) in [7, 11) is 0. The number of carboxylic acids is 1. The van der Waals surface area contributed by atoms with Gasteiger partial charge >= 0.3 is 12.1 Å². The second-order valence-corrected chi connectivity index (χ2v) is 5.09. The van der Waals surface area contributed by atoms with Crippen molar-refractivity contribution in [2.75, 3.05) is 6.61 Å². The maximum absolute atomic E-state index is 12.7. The second-order valence-electron chi connectivity index (χ2n) is 5.09. The molecule has 0 aliphatic carbocycles. The minimum absolute atomic E-state index is 0.216. The summed E-state index contributed by atoms with van der Waals surface area (Å²) in [6, 6.07) is 16.2. The second kappa shape index (κ2) is 5.57. The van der Waals surface area contributed by atoms with Crippen molar-refractivity contribution < 1.29 is 24.2 Å². The molecule has 1 heterocycles. The number of benzene rings is 2. The molecule has 6 heteroatoms. The molecular weight excluding hydrogens is 298 g/mol. The fraction of sp³-hybridized carbons (Fsp3) is 0.118. The molecule has 1 N–H and O–H groups in total. The molecule has 0 radical (unpaired) electrons. The Bertz CT molecular complexity index is 759. The summed E-state index contributed by atoms with van der Waals surface area (Å²) in [6.45, 7) is -0.427. The summed E-state index contributed by atoms with van der Waals surface area (Å²) >= 11 is 0. The number of amides is 2. The lowest BCUT2D eigenvalue weighted by atomic mass is 9.89. The van der Waals surface area contributed by atoms with Gasteiger partial charge in [0.25, 0.3) is 5.91 Å². The molecule has 116 valence electrons. The van der Waals surface area contributed by atoms with Crippen molar-refractivity contribution in [2.24, 2.45) is 0 Å². The molecule has 2 aromatic rings. The summed E-state index contributed by atoms with van der Waals surface area (Å²) in [5.41, 5.74) is -1.35. The largest absolute Gasteiger partial charge is 0.479 e. The van der Waals surface area contributed by atoms with E-state index in [2.05, 4.69) is 0 Å². The van der Waals surface area contributed by atoms with Crippen LogP contribution in [0.3, 0.4) is 0 Å². The van der Waals surface area contributed by atoms with Crippen LogP contribution in [-0.4, -0.2) is 34.6 Å². The predicted molar refractivity (Wildman–Crippen MR) is 79.7 cm³/mol. The molecule has 0 bridgehead atoms. The number of cyclic esters (lactones) is 1. The highest BCUT2D eigenvalue weighted by atomic mass is 16.6. The number of carbonyl (C=O) groups is 3. The fourth-order valence-corrected chi connectivity index (χ4v) is 2.62. The molecule has 1 aliphatic rings. The first-order chi connectivity index (χ1) is 11.1. The zero-order chi connectivity index (χ0) is 16.4. The van der Waals surface area contributed by atoms with E-state index < -0.39 is 30.1 Å². The normalized spacial score (nSPS) is 20.2. The first kappa shape index (κ1) is 14.8. The topological polar surface area (TPSA) is 83.9 Å². The first-order valence-electron chi connectivity index (χ1n) is 6.92. The Kier molecular flexibility index (Phi) is 3.57. The highest BCUT2D eigenvalue weighted by molar-refractivity contribution is 6.08. The number of hydrogen-bond donors (Lipinski definition) is 1. The van der Waals surface area contributed by atoms with E-state index in [1.54, 1.807) is 48.5 Å². The number of carboxylic acid groups (broad SMARTS) is 1. The average Bonchev–Trinajstić information content (AvgIpc) is 2.94. The van der Waals surface area contributed by atoms with E-state index in [4.69, 9.17) is 4.74 Å². The van der Waals surface area contributed by atoms with Gasteiger partial charge in [-0.3, -0.25) is 4.79 Å². The van der Waals surface area contributed by atoms with E-state index in [0.717, 1.165) is 0 Å². The van der Waals surface area contributed by atoms with E-state index in [1.165, 1.54) is 12.1 Å². The van der Waals surface area contributed by atoms with Crippen molar-refractivity contribution in [3.05, 3.63) is 71.8 Å². The van der Waals surface area contributed by atoms with Crippen LogP contribution in [0.5, 0.6) is 0 Å². The fourth-order valence-electron chi connectivity index (χ4n) is 2.62. The summed E-state index contributed by atoms with van der Waals surface area (Å²) in [5, 5.41) is 9.78. The monoisotopic (exact) mass is 311 g/mol. The lowest BCUT2D eigenvalue weighted by Gasteiger charge is -2.30. The molecule has 1 unspecified atom stereocenters. The molecule has 0 spiro atoms. The minimum Gasteiger partial charge on any atom is -0.479 e. The Balaban J connectivity index is 2.14. The molecule has 23 heavy (non-hydrogen) atoms. The van der Waals surface area contributed by atoms with Crippen LogP contribution in [-0.2, 0) is 15.1 Å². The quantitative estimate of drug-likeness (QED) is 0.940. The Labute approximate surface area is 131 Å². The van der Waals surface area contributed by atoms with Crippen LogP contribution in [0.4, 0.5) is 4.79 Å². The van der Waals surface area contributed by atoms with E-state index in [1.807, 2.05) is 0 Å². The van der Waals surface area contributed by atoms with Gasteiger partial charge in [0.1, 0.15) is 6.61 Å². The van der Waals surface area contributed by atoms with Crippen LogP contribution in [0.2, 0.25) is 0 Å². The average molecular weight is 311 g/mol. The minimum atomic E-state index is -1.87. The van der Waals surface area contributed by atoms with Crippen LogP contribution in [0.25, 0.3) is 0 Å². The number of carbonyl (C=O) groups excluding carboxylic acids is 2. The van der Waals surface area contributed by atoms with Gasteiger partial charge in [0.15, 0.2) is 0 Å². The maximum atomic E-state index is 12.7. The van der Waals surface area contributed by atoms with Gasteiger partial charge in [0.05, 0.1) is 0 Å². The van der Waals surface area contributed by atoms with E-state index in [-0.39, 0.29) is 5.56 Å². The highest BCUT2D eigenvalue weighted by Gasteiger charge is 2.58. The van der Waals surface area contributed by atoms with E-state index >= 15 is 0 Å². The van der Waals surface area contributed by atoms with Gasteiger partial charge in [-0.1, -0.05) is 48.5 Å². The lowest BCUT2D eigenvalue weighted by molar-refractivity contribution is -0.148. The zero-order valence-electron chi connectivity index (χ0n) is 12.0. The number of hydrogen-bond acceptors (Lipinski definition) is 4.